The summed E-state index contributed by atoms with van der Waals surface area (Å²) in [5.74, 6) is -1.05. The second-order valence-corrected chi connectivity index (χ2v) is 3.29. The summed E-state index contributed by atoms with van der Waals surface area (Å²) >= 11 is 0. The maximum absolute atomic E-state index is 13.4. The highest BCUT2D eigenvalue weighted by molar-refractivity contribution is 5.65. The monoisotopic (exact) mass is 215 g/mol. The van der Waals surface area contributed by atoms with Crippen LogP contribution < -0.4 is 0 Å². The fourth-order valence-electron chi connectivity index (χ4n) is 1.47. The predicted molar refractivity (Wildman–Crippen MR) is 56.5 cm³/mol. The Morgan fingerprint density at radius 1 is 0.938 bits per heavy atom. The van der Waals surface area contributed by atoms with Gasteiger partial charge in [0.2, 0.25) is 0 Å². The Bertz CT molecular complexity index is 570. The van der Waals surface area contributed by atoms with Crippen molar-refractivity contribution in [3.8, 4) is 17.2 Å². The summed E-state index contributed by atoms with van der Waals surface area (Å²) in [7, 11) is 0. The van der Waals surface area contributed by atoms with Crippen molar-refractivity contribution in [3.05, 3.63) is 59.7 Å². The Morgan fingerprint density at radius 2 is 1.69 bits per heavy atom. The molecule has 2 aromatic rings. The van der Waals surface area contributed by atoms with Gasteiger partial charge in [0.05, 0.1) is 5.56 Å². The van der Waals surface area contributed by atoms with Crippen LogP contribution in [0.5, 0.6) is 0 Å². The lowest BCUT2D eigenvalue weighted by molar-refractivity contribution is 0.622. The molecule has 0 N–H and O–H groups in total. The van der Waals surface area contributed by atoms with Gasteiger partial charge in [0, 0.05) is 5.56 Å². The average molecular weight is 215 g/mol. The van der Waals surface area contributed by atoms with Gasteiger partial charge in [-0.1, -0.05) is 24.3 Å². The lowest BCUT2D eigenvalue weighted by atomic mass is 10.0. The van der Waals surface area contributed by atoms with E-state index in [1.54, 1.807) is 24.3 Å². The van der Waals surface area contributed by atoms with E-state index in [0.29, 0.717) is 11.1 Å². The zero-order chi connectivity index (χ0) is 11.5. The van der Waals surface area contributed by atoms with E-state index in [1.807, 2.05) is 0 Å². The lowest BCUT2D eigenvalue weighted by Crippen LogP contribution is -1.88. The Hall–Kier alpha value is -2.21. The molecule has 0 radical (unpaired) electrons. The van der Waals surface area contributed by atoms with Crippen molar-refractivity contribution in [2.24, 2.45) is 0 Å². The summed E-state index contributed by atoms with van der Waals surface area (Å²) in [5.41, 5.74) is 0.709. The summed E-state index contributed by atoms with van der Waals surface area (Å²) in [6.07, 6.45) is 0. The molecule has 0 amide bonds. The summed E-state index contributed by atoms with van der Waals surface area (Å²) in [6.45, 7) is 0. The van der Waals surface area contributed by atoms with Gasteiger partial charge in [-0.3, -0.25) is 0 Å². The molecule has 0 saturated heterocycles. The summed E-state index contributed by atoms with van der Waals surface area (Å²) in [6, 6.07) is 11.9. The molecule has 0 aliphatic heterocycles. The number of hydrogen-bond acceptors (Lipinski definition) is 1. The van der Waals surface area contributed by atoms with Gasteiger partial charge < -0.3 is 0 Å². The van der Waals surface area contributed by atoms with Gasteiger partial charge in [-0.25, -0.2) is 8.78 Å². The second kappa shape index (κ2) is 4.11. The first kappa shape index (κ1) is 10.3. The van der Waals surface area contributed by atoms with E-state index in [2.05, 4.69) is 0 Å². The zero-order valence-corrected chi connectivity index (χ0v) is 8.24. The second-order valence-electron chi connectivity index (χ2n) is 3.29. The minimum Gasteiger partial charge on any atom is -0.206 e. The normalized spacial score (nSPS) is 9.81. The fourth-order valence-corrected chi connectivity index (χ4v) is 1.47. The molecule has 0 aromatic heterocycles. The third kappa shape index (κ3) is 1.78. The first-order chi connectivity index (χ1) is 7.72. The van der Waals surface area contributed by atoms with Crippen LogP contribution in [0.1, 0.15) is 5.56 Å². The molecule has 0 spiro atoms. The molecule has 78 valence electrons. The number of hydrogen-bond donors (Lipinski definition) is 0. The summed E-state index contributed by atoms with van der Waals surface area (Å²) < 4.78 is 26.7. The van der Waals surface area contributed by atoms with Crippen LogP contribution in [0.2, 0.25) is 0 Å². The first-order valence-corrected chi connectivity index (χ1v) is 4.67. The molecule has 16 heavy (non-hydrogen) atoms. The molecule has 2 rings (SSSR count). The lowest BCUT2D eigenvalue weighted by Gasteiger charge is -2.03. The fraction of sp³-hybridized carbons (Fsp3) is 0. The van der Waals surface area contributed by atoms with Gasteiger partial charge in [-0.2, -0.15) is 5.26 Å². The van der Waals surface area contributed by atoms with E-state index in [1.165, 1.54) is 18.2 Å². The predicted octanol–water partition coefficient (Wildman–Crippen LogP) is 3.50. The largest absolute Gasteiger partial charge is 0.206 e. The molecule has 0 atom stereocenters. The maximum atomic E-state index is 13.4. The first-order valence-electron chi connectivity index (χ1n) is 4.67. The van der Waals surface area contributed by atoms with E-state index >= 15 is 0 Å². The molecule has 1 nitrogen and oxygen atoms in total. The number of nitriles is 1. The molecule has 0 saturated carbocycles. The minimum atomic E-state index is -0.636. The molecular formula is C13H7F2N. The van der Waals surface area contributed by atoms with Crippen LogP contribution in [-0.4, -0.2) is 0 Å². The molecular weight excluding hydrogens is 208 g/mol. The molecule has 0 fully saturated rings. The molecule has 0 unspecified atom stereocenters. The van der Waals surface area contributed by atoms with Crippen molar-refractivity contribution in [1.29, 1.82) is 5.26 Å². The van der Waals surface area contributed by atoms with Crippen molar-refractivity contribution in [2.75, 3.05) is 0 Å². The molecule has 0 aliphatic carbocycles. The Labute approximate surface area is 91.6 Å². The van der Waals surface area contributed by atoms with Gasteiger partial charge in [0.25, 0.3) is 0 Å². The highest BCUT2D eigenvalue weighted by Gasteiger charge is 2.07. The van der Waals surface area contributed by atoms with Gasteiger partial charge in [-0.05, 0) is 23.8 Å². The van der Waals surface area contributed by atoms with Gasteiger partial charge >= 0.3 is 0 Å². The Morgan fingerprint density at radius 3 is 2.31 bits per heavy atom. The van der Waals surface area contributed by atoms with Crippen LogP contribution in [-0.2, 0) is 0 Å². The third-order valence-corrected chi connectivity index (χ3v) is 2.27. The van der Waals surface area contributed by atoms with Crippen LogP contribution in [0, 0.1) is 23.0 Å². The van der Waals surface area contributed by atoms with Crippen LogP contribution in [0.25, 0.3) is 11.1 Å². The van der Waals surface area contributed by atoms with Crippen molar-refractivity contribution >= 4 is 0 Å². The summed E-state index contributed by atoms with van der Waals surface area (Å²) in [4.78, 5) is 0. The molecule has 3 heteroatoms. The Balaban J connectivity index is 2.55. The quantitative estimate of drug-likeness (QED) is 0.714. The minimum absolute atomic E-state index is 0.0416. The standard InChI is InChI=1S/C13H7F2N/c14-12-4-2-1-3-11(12)9-5-6-10(8-16)13(15)7-9/h1-7H. The third-order valence-electron chi connectivity index (χ3n) is 2.27. The number of rotatable bonds is 1. The highest BCUT2D eigenvalue weighted by atomic mass is 19.1. The van der Waals surface area contributed by atoms with Crippen molar-refractivity contribution in [2.45, 2.75) is 0 Å². The molecule has 0 aliphatic rings. The van der Waals surface area contributed by atoms with Crippen LogP contribution >= 0.6 is 0 Å². The Kier molecular flexibility index (Phi) is 2.65. The van der Waals surface area contributed by atoms with E-state index in [0.717, 1.165) is 6.07 Å². The number of nitrogens with zero attached hydrogens (tertiary/aromatic N) is 1. The maximum Gasteiger partial charge on any atom is 0.141 e. The van der Waals surface area contributed by atoms with E-state index in [9.17, 15) is 8.78 Å². The van der Waals surface area contributed by atoms with Crippen molar-refractivity contribution in [1.82, 2.24) is 0 Å². The summed E-state index contributed by atoms with van der Waals surface area (Å²) in [5, 5.41) is 8.57. The number of halogens is 2. The van der Waals surface area contributed by atoms with Crippen molar-refractivity contribution < 1.29 is 8.78 Å². The van der Waals surface area contributed by atoms with Crippen LogP contribution in [0.4, 0.5) is 8.78 Å². The van der Waals surface area contributed by atoms with E-state index in [-0.39, 0.29) is 5.56 Å². The van der Waals surface area contributed by atoms with Gasteiger partial charge in [0.15, 0.2) is 0 Å². The topological polar surface area (TPSA) is 23.8 Å². The molecule has 0 bridgehead atoms. The SMILES string of the molecule is N#Cc1ccc(-c2ccccc2F)cc1F. The van der Waals surface area contributed by atoms with Crippen molar-refractivity contribution in [3.63, 3.8) is 0 Å². The zero-order valence-electron chi connectivity index (χ0n) is 8.24. The van der Waals surface area contributed by atoms with E-state index in [4.69, 9.17) is 5.26 Å². The van der Waals surface area contributed by atoms with Gasteiger partial charge in [-0.15, -0.1) is 0 Å². The molecule has 0 heterocycles. The number of benzene rings is 2. The van der Waals surface area contributed by atoms with Crippen LogP contribution in [0.15, 0.2) is 42.5 Å². The average Bonchev–Trinajstić information content (AvgIpc) is 2.29. The highest BCUT2D eigenvalue weighted by Crippen LogP contribution is 2.24. The van der Waals surface area contributed by atoms with E-state index < -0.39 is 11.6 Å². The van der Waals surface area contributed by atoms with Crippen LogP contribution in [0.3, 0.4) is 0 Å². The smallest absolute Gasteiger partial charge is 0.141 e. The molecule has 2 aromatic carbocycles. The van der Waals surface area contributed by atoms with Gasteiger partial charge in [0.1, 0.15) is 17.7 Å².